The Morgan fingerprint density at radius 1 is 1.43 bits per heavy atom. The van der Waals surface area contributed by atoms with E-state index in [9.17, 15) is 9.18 Å². The molecule has 0 fully saturated rings. The molecule has 0 saturated heterocycles. The van der Waals surface area contributed by atoms with E-state index in [-0.39, 0.29) is 11.7 Å². The van der Waals surface area contributed by atoms with E-state index in [1.165, 1.54) is 12.1 Å². The van der Waals surface area contributed by atoms with Crippen molar-refractivity contribution in [2.45, 2.75) is 26.2 Å². The molecule has 1 aromatic carbocycles. The van der Waals surface area contributed by atoms with Crippen LogP contribution in [0, 0.1) is 11.7 Å². The monoisotopic (exact) mass is 194 g/mol. The molecule has 1 rings (SSSR count). The number of rotatable bonds is 4. The van der Waals surface area contributed by atoms with Gasteiger partial charge < -0.3 is 4.79 Å². The van der Waals surface area contributed by atoms with Gasteiger partial charge in [0.15, 0.2) is 0 Å². The van der Waals surface area contributed by atoms with Crippen molar-refractivity contribution in [3.8, 4) is 0 Å². The normalized spacial score (nSPS) is 12.9. The Kier molecular flexibility index (Phi) is 3.81. The lowest BCUT2D eigenvalue weighted by atomic mass is 9.91. The second kappa shape index (κ2) is 4.89. The minimum absolute atomic E-state index is 0.175. The maximum Gasteiger partial charge on any atom is 0.127 e. The number of halogens is 1. The van der Waals surface area contributed by atoms with Gasteiger partial charge in [-0.1, -0.05) is 26.0 Å². The first-order chi connectivity index (χ1) is 6.63. The lowest BCUT2D eigenvalue weighted by Gasteiger charge is -2.12. The van der Waals surface area contributed by atoms with Crippen molar-refractivity contribution < 1.29 is 9.18 Å². The van der Waals surface area contributed by atoms with Gasteiger partial charge in [0.25, 0.3) is 0 Å². The smallest absolute Gasteiger partial charge is 0.127 e. The fourth-order valence-electron chi connectivity index (χ4n) is 1.52. The van der Waals surface area contributed by atoms with Gasteiger partial charge in [-0.05, 0) is 30.0 Å². The molecule has 1 nitrogen and oxygen atoms in total. The summed E-state index contributed by atoms with van der Waals surface area (Å²) in [5.41, 5.74) is 0.772. The number of hydrogen-bond donors (Lipinski definition) is 0. The van der Waals surface area contributed by atoms with Crippen molar-refractivity contribution in [3.05, 3.63) is 35.6 Å². The van der Waals surface area contributed by atoms with Crippen LogP contribution in [0.5, 0.6) is 0 Å². The van der Waals surface area contributed by atoms with Crippen molar-refractivity contribution in [1.29, 1.82) is 0 Å². The molecule has 2 heteroatoms. The Morgan fingerprint density at radius 3 is 2.64 bits per heavy atom. The van der Waals surface area contributed by atoms with Gasteiger partial charge in [-0.15, -0.1) is 0 Å². The Labute approximate surface area is 83.9 Å². The van der Waals surface area contributed by atoms with Crippen molar-refractivity contribution in [2.24, 2.45) is 5.92 Å². The number of carbonyl (C=O) groups excluding carboxylic acids is 1. The second-order valence-electron chi connectivity index (χ2n) is 3.93. The zero-order valence-corrected chi connectivity index (χ0v) is 8.53. The zero-order chi connectivity index (χ0) is 10.6. The molecule has 0 aromatic heterocycles. The summed E-state index contributed by atoms with van der Waals surface area (Å²) in [5.74, 6) is -0.0164. The van der Waals surface area contributed by atoms with Crippen LogP contribution in [0.4, 0.5) is 4.39 Å². The van der Waals surface area contributed by atoms with E-state index in [1.807, 2.05) is 0 Å². The van der Waals surface area contributed by atoms with Crippen LogP contribution in [-0.4, -0.2) is 6.29 Å². The Bertz CT molecular complexity index is 307. The maximum absolute atomic E-state index is 12.9. The van der Waals surface area contributed by atoms with Crippen LogP contribution in [0.25, 0.3) is 0 Å². The van der Waals surface area contributed by atoms with Gasteiger partial charge in [0.1, 0.15) is 12.1 Å². The minimum Gasteiger partial charge on any atom is -0.303 e. The van der Waals surface area contributed by atoms with Crippen LogP contribution < -0.4 is 0 Å². The second-order valence-corrected chi connectivity index (χ2v) is 3.93. The van der Waals surface area contributed by atoms with Gasteiger partial charge >= 0.3 is 0 Å². The summed E-state index contributed by atoms with van der Waals surface area (Å²) in [4.78, 5) is 10.8. The summed E-state index contributed by atoms with van der Waals surface area (Å²) < 4.78 is 12.9. The lowest BCUT2D eigenvalue weighted by molar-refractivity contribution is -0.109. The van der Waals surface area contributed by atoms with Crippen LogP contribution in [-0.2, 0) is 4.79 Å². The molecule has 1 aromatic rings. The molecule has 0 aliphatic heterocycles. The van der Waals surface area contributed by atoms with Crippen molar-refractivity contribution in [3.63, 3.8) is 0 Å². The average molecular weight is 194 g/mol. The standard InChI is InChI=1S/C12H15FO/c1-9(2)6-11(8-14)10-4-3-5-12(13)7-10/h3-5,7-9,11H,6H2,1-2H3. The Morgan fingerprint density at radius 2 is 2.14 bits per heavy atom. The van der Waals surface area contributed by atoms with E-state index in [1.54, 1.807) is 12.1 Å². The Balaban J connectivity index is 2.83. The molecule has 0 radical (unpaired) electrons. The molecular weight excluding hydrogens is 179 g/mol. The molecule has 0 heterocycles. The highest BCUT2D eigenvalue weighted by molar-refractivity contribution is 5.62. The topological polar surface area (TPSA) is 17.1 Å². The first-order valence-corrected chi connectivity index (χ1v) is 4.84. The third-order valence-corrected chi connectivity index (χ3v) is 2.17. The fourth-order valence-corrected chi connectivity index (χ4v) is 1.52. The number of aldehydes is 1. The third-order valence-electron chi connectivity index (χ3n) is 2.17. The van der Waals surface area contributed by atoms with Crippen LogP contribution in [0.1, 0.15) is 31.7 Å². The van der Waals surface area contributed by atoms with E-state index >= 15 is 0 Å². The molecular formula is C12H15FO. The highest BCUT2D eigenvalue weighted by Crippen LogP contribution is 2.22. The van der Waals surface area contributed by atoms with Crippen LogP contribution in [0.3, 0.4) is 0 Å². The summed E-state index contributed by atoms with van der Waals surface area (Å²) in [6, 6.07) is 6.26. The van der Waals surface area contributed by atoms with E-state index in [4.69, 9.17) is 0 Å². The third kappa shape index (κ3) is 2.95. The van der Waals surface area contributed by atoms with Gasteiger partial charge in [0, 0.05) is 5.92 Å². The molecule has 0 N–H and O–H groups in total. The average Bonchev–Trinajstić information content (AvgIpc) is 2.14. The quantitative estimate of drug-likeness (QED) is 0.673. The fraction of sp³-hybridized carbons (Fsp3) is 0.417. The highest BCUT2D eigenvalue weighted by atomic mass is 19.1. The molecule has 14 heavy (non-hydrogen) atoms. The Hall–Kier alpha value is -1.18. The van der Waals surface area contributed by atoms with E-state index in [2.05, 4.69) is 13.8 Å². The molecule has 0 aliphatic rings. The SMILES string of the molecule is CC(C)CC(C=O)c1cccc(F)c1. The van der Waals surface area contributed by atoms with Crippen molar-refractivity contribution in [1.82, 2.24) is 0 Å². The molecule has 1 atom stereocenters. The molecule has 0 bridgehead atoms. The van der Waals surface area contributed by atoms with E-state index < -0.39 is 0 Å². The molecule has 0 aliphatic carbocycles. The number of hydrogen-bond acceptors (Lipinski definition) is 1. The summed E-state index contributed by atoms with van der Waals surface area (Å²) in [6.07, 6.45) is 1.67. The van der Waals surface area contributed by atoms with Crippen LogP contribution in [0.15, 0.2) is 24.3 Å². The summed E-state index contributed by atoms with van der Waals surface area (Å²) in [6.45, 7) is 4.10. The summed E-state index contributed by atoms with van der Waals surface area (Å²) in [5, 5.41) is 0. The number of carbonyl (C=O) groups is 1. The van der Waals surface area contributed by atoms with Crippen molar-refractivity contribution >= 4 is 6.29 Å². The van der Waals surface area contributed by atoms with Gasteiger partial charge in [-0.2, -0.15) is 0 Å². The molecule has 0 spiro atoms. The zero-order valence-electron chi connectivity index (χ0n) is 8.53. The summed E-state index contributed by atoms with van der Waals surface area (Å²) in [7, 11) is 0. The molecule has 0 saturated carbocycles. The maximum atomic E-state index is 12.9. The first-order valence-electron chi connectivity index (χ1n) is 4.84. The van der Waals surface area contributed by atoms with Gasteiger partial charge in [-0.3, -0.25) is 0 Å². The van der Waals surface area contributed by atoms with Gasteiger partial charge in [0.05, 0.1) is 0 Å². The molecule has 1 unspecified atom stereocenters. The first kappa shape index (κ1) is 10.9. The lowest BCUT2D eigenvalue weighted by Crippen LogP contribution is -2.04. The highest BCUT2D eigenvalue weighted by Gasteiger charge is 2.12. The van der Waals surface area contributed by atoms with Crippen LogP contribution in [0.2, 0.25) is 0 Å². The largest absolute Gasteiger partial charge is 0.303 e. The minimum atomic E-state index is -0.280. The van der Waals surface area contributed by atoms with Gasteiger partial charge in [0.2, 0.25) is 0 Å². The summed E-state index contributed by atoms with van der Waals surface area (Å²) >= 11 is 0. The molecule has 76 valence electrons. The van der Waals surface area contributed by atoms with Crippen molar-refractivity contribution in [2.75, 3.05) is 0 Å². The predicted octanol–water partition coefficient (Wildman–Crippen LogP) is 3.15. The number of benzene rings is 1. The van der Waals surface area contributed by atoms with Crippen LogP contribution >= 0.6 is 0 Å². The molecule has 0 amide bonds. The van der Waals surface area contributed by atoms with Gasteiger partial charge in [-0.25, -0.2) is 4.39 Å². The van der Waals surface area contributed by atoms with E-state index in [0.717, 1.165) is 18.3 Å². The van der Waals surface area contributed by atoms with E-state index in [0.29, 0.717) is 5.92 Å². The predicted molar refractivity (Wildman–Crippen MR) is 54.7 cm³/mol.